The summed E-state index contributed by atoms with van der Waals surface area (Å²) in [6.07, 6.45) is 4.90. The van der Waals surface area contributed by atoms with Crippen LogP contribution in [-0.4, -0.2) is 16.6 Å². The molecule has 0 amide bonds. The van der Waals surface area contributed by atoms with Crippen molar-refractivity contribution in [3.8, 4) is 0 Å². The molecule has 3 rings (SSSR count). The number of nitrogens with zero attached hydrogens (tertiary/aromatic N) is 1. The molecule has 3 nitrogen and oxygen atoms in total. The third-order valence-corrected chi connectivity index (χ3v) is 5.64. The van der Waals surface area contributed by atoms with Crippen molar-refractivity contribution in [2.75, 3.05) is 6.54 Å². The van der Waals surface area contributed by atoms with Crippen LogP contribution in [0, 0.1) is 0 Å². The maximum atomic E-state index is 11.0. The molecule has 1 unspecified atom stereocenters. The van der Waals surface area contributed by atoms with Crippen LogP contribution in [0.3, 0.4) is 0 Å². The van der Waals surface area contributed by atoms with Crippen LogP contribution in [0.15, 0.2) is 30.5 Å². The Morgan fingerprint density at radius 2 is 2.18 bits per heavy atom. The summed E-state index contributed by atoms with van der Waals surface area (Å²) in [6.45, 7) is 5.70. The van der Waals surface area contributed by atoms with E-state index in [4.69, 9.17) is 0 Å². The van der Waals surface area contributed by atoms with Gasteiger partial charge in [0.05, 0.1) is 5.01 Å². The van der Waals surface area contributed by atoms with Crippen LogP contribution in [0.5, 0.6) is 0 Å². The fourth-order valence-electron chi connectivity index (χ4n) is 3.15. The second kappa shape index (κ2) is 6.49. The second-order valence-electron chi connectivity index (χ2n) is 6.47. The van der Waals surface area contributed by atoms with E-state index in [1.807, 2.05) is 12.3 Å². The minimum atomic E-state index is -0.736. The maximum absolute atomic E-state index is 11.0. The molecule has 1 aliphatic rings. The molecule has 2 N–H and O–H groups in total. The average Bonchev–Trinajstić information content (AvgIpc) is 2.97. The lowest BCUT2D eigenvalue weighted by Gasteiger charge is -2.34. The monoisotopic (exact) mass is 316 g/mol. The lowest BCUT2D eigenvalue weighted by Crippen LogP contribution is -2.40. The van der Waals surface area contributed by atoms with Gasteiger partial charge < -0.3 is 10.4 Å². The van der Waals surface area contributed by atoms with Gasteiger partial charge in [-0.25, -0.2) is 4.98 Å². The number of aryl methyl sites for hydroxylation is 1. The second-order valence-corrected chi connectivity index (χ2v) is 7.61. The average molecular weight is 316 g/mol. The zero-order valence-corrected chi connectivity index (χ0v) is 14.1. The molecule has 0 radical (unpaired) electrons. The number of thiazole rings is 1. The number of aromatic nitrogens is 1. The zero-order chi connectivity index (χ0) is 15.6. The SMILES string of the molecule is CC(C)c1ncc(CNCC2(O)CCCc3ccccc32)s1. The summed E-state index contributed by atoms with van der Waals surface area (Å²) in [7, 11) is 0. The van der Waals surface area contributed by atoms with Crippen LogP contribution in [0.1, 0.15) is 53.6 Å². The van der Waals surface area contributed by atoms with E-state index in [0.29, 0.717) is 12.5 Å². The number of aliphatic hydroxyl groups is 1. The van der Waals surface area contributed by atoms with E-state index in [-0.39, 0.29) is 0 Å². The quantitative estimate of drug-likeness (QED) is 0.886. The highest BCUT2D eigenvalue weighted by Crippen LogP contribution is 2.34. The molecule has 22 heavy (non-hydrogen) atoms. The first-order valence-electron chi connectivity index (χ1n) is 8.04. The maximum Gasteiger partial charge on any atom is 0.102 e. The Bertz CT molecular complexity index is 638. The van der Waals surface area contributed by atoms with Crippen molar-refractivity contribution in [1.29, 1.82) is 0 Å². The van der Waals surface area contributed by atoms with Crippen molar-refractivity contribution >= 4 is 11.3 Å². The molecule has 1 atom stereocenters. The van der Waals surface area contributed by atoms with Crippen LogP contribution < -0.4 is 5.32 Å². The normalized spacial score (nSPS) is 21.1. The molecule has 118 valence electrons. The third kappa shape index (κ3) is 3.24. The zero-order valence-electron chi connectivity index (χ0n) is 13.3. The molecule has 1 aliphatic carbocycles. The molecular weight excluding hydrogens is 292 g/mol. The molecule has 4 heteroatoms. The Morgan fingerprint density at radius 1 is 1.36 bits per heavy atom. The van der Waals surface area contributed by atoms with Crippen molar-refractivity contribution in [2.24, 2.45) is 0 Å². The number of hydrogen-bond acceptors (Lipinski definition) is 4. The largest absolute Gasteiger partial charge is 0.384 e. The van der Waals surface area contributed by atoms with Crippen LogP contribution in [0.25, 0.3) is 0 Å². The molecule has 1 aromatic heterocycles. The summed E-state index contributed by atoms with van der Waals surface area (Å²) >= 11 is 1.76. The summed E-state index contributed by atoms with van der Waals surface area (Å²) in [5.41, 5.74) is 1.65. The van der Waals surface area contributed by atoms with Gasteiger partial charge in [-0.2, -0.15) is 0 Å². The number of fused-ring (bicyclic) bond motifs is 1. The molecule has 1 heterocycles. The standard InChI is InChI=1S/C18H24N2OS/c1-13(2)17-20-11-15(22-17)10-19-12-18(21)9-5-7-14-6-3-4-8-16(14)18/h3-4,6,8,11,13,19,21H,5,7,9-10,12H2,1-2H3. The fraction of sp³-hybridized carbons (Fsp3) is 0.500. The number of rotatable bonds is 5. The van der Waals surface area contributed by atoms with E-state index in [2.05, 4.69) is 42.3 Å². The van der Waals surface area contributed by atoms with E-state index >= 15 is 0 Å². The summed E-state index contributed by atoms with van der Waals surface area (Å²) in [6, 6.07) is 8.29. The Balaban J connectivity index is 1.63. The number of hydrogen-bond donors (Lipinski definition) is 2. The Hall–Kier alpha value is -1.23. The van der Waals surface area contributed by atoms with Crippen LogP contribution in [0.4, 0.5) is 0 Å². The molecule has 1 aromatic carbocycles. The molecule has 0 fully saturated rings. The van der Waals surface area contributed by atoms with E-state index in [9.17, 15) is 5.11 Å². The lowest BCUT2D eigenvalue weighted by atomic mass is 9.79. The highest BCUT2D eigenvalue weighted by molar-refractivity contribution is 7.11. The van der Waals surface area contributed by atoms with E-state index < -0.39 is 5.60 Å². The molecule has 0 saturated carbocycles. The number of benzene rings is 1. The lowest BCUT2D eigenvalue weighted by molar-refractivity contribution is 0.0190. The van der Waals surface area contributed by atoms with Gasteiger partial charge in [0.15, 0.2) is 0 Å². The van der Waals surface area contributed by atoms with Crippen molar-refractivity contribution in [2.45, 2.75) is 51.2 Å². The van der Waals surface area contributed by atoms with Gasteiger partial charge in [0, 0.05) is 30.1 Å². The van der Waals surface area contributed by atoms with Gasteiger partial charge in [0.2, 0.25) is 0 Å². The Morgan fingerprint density at radius 3 is 2.95 bits per heavy atom. The van der Waals surface area contributed by atoms with Gasteiger partial charge >= 0.3 is 0 Å². The molecule has 0 aliphatic heterocycles. The molecule has 0 spiro atoms. The smallest absolute Gasteiger partial charge is 0.102 e. The summed E-state index contributed by atoms with van der Waals surface area (Å²) in [5.74, 6) is 0.480. The molecular formula is C18H24N2OS. The first-order chi connectivity index (χ1) is 10.6. The fourth-order valence-corrected chi connectivity index (χ4v) is 4.04. The van der Waals surface area contributed by atoms with E-state index in [1.54, 1.807) is 11.3 Å². The van der Waals surface area contributed by atoms with E-state index in [1.165, 1.54) is 15.4 Å². The highest BCUT2D eigenvalue weighted by Gasteiger charge is 2.33. The summed E-state index contributed by atoms with van der Waals surface area (Å²) < 4.78 is 0. The molecule has 0 saturated heterocycles. The Labute approximate surface area is 136 Å². The summed E-state index contributed by atoms with van der Waals surface area (Å²) in [4.78, 5) is 5.68. The van der Waals surface area contributed by atoms with Gasteiger partial charge in [-0.1, -0.05) is 38.1 Å². The first kappa shape index (κ1) is 15.7. The minimum absolute atomic E-state index is 0.480. The van der Waals surface area contributed by atoms with Crippen molar-refractivity contribution in [3.63, 3.8) is 0 Å². The van der Waals surface area contributed by atoms with Crippen LogP contribution >= 0.6 is 11.3 Å². The van der Waals surface area contributed by atoms with Crippen LogP contribution in [0.2, 0.25) is 0 Å². The van der Waals surface area contributed by atoms with E-state index in [0.717, 1.165) is 31.4 Å². The van der Waals surface area contributed by atoms with Crippen molar-refractivity contribution in [1.82, 2.24) is 10.3 Å². The number of nitrogens with one attached hydrogen (secondary N) is 1. The van der Waals surface area contributed by atoms with Crippen molar-refractivity contribution < 1.29 is 5.11 Å². The predicted octanol–water partition coefficient (Wildman–Crippen LogP) is 3.58. The van der Waals surface area contributed by atoms with Crippen molar-refractivity contribution in [3.05, 3.63) is 51.5 Å². The predicted molar refractivity (Wildman–Crippen MR) is 91.2 cm³/mol. The van der Waals surface area contributed by atoms with Gasteiger partial charge in [0.1, 0.15) is 5.60 Å². The summed E-state index contributed by atoms with van der Waals surface area (Å²) in [5, 5.41) is 15.6. The van der Waals surface area contributed by atoms with Gasteiger partial charge in [-0.05, 0) is 30.4 Å². The van der Waals surface area contributed by atoms with Gasteiger partial charge in [-0.3, -0.25) is 0 Å². The highest BCUT2D eigenvalue weighted by atomic mass is 32.1. The molecule has 2 aromatic rings. The topological polar surface area (TPSA) is 45.2 Å². The van der Waals surface area contributed by atoms with Gasteiger partial charge in [0.25, 0.3) is 0 Å². The van der Waals surface area contributed by atoms with Gasteiger partial charge in [-0.15, -0.1) is 11.3 Å². The molecule has 0 bridgehead atoms. The van der Waals surface area contributed by atoms with Crippen LogP contribution in [-0.2, 0) is 18.6 Å². The minimum Gasteiger partial charge on any atom is -0.384 e. The Kier molecular flexibility index (Phi) is 4.62. The third-order valence-electron chi connectivity index (χ3n) is 4.34. The first-order valence-corrected chi connectivity index (χ1v) is 8.86.